The second kappa shape index (κ2) is 4.34. The summed E-state index contributed by atoms with van der Waals surface area (Å²) in [6, 6.07) is 6.81. The van der Waals surface area contributed by atoms with Crippen LogP contribution in [-0.2, 0) is 14.1 Å². The number of benzene rings is 1. The van der Waals surface area contributed by atoms with Gasteiger partial charge in [-0.2, -0.15) is 9.36 Å². The molecule has 0 spiro atoms. The molecule has 3 aromatic rings. The number of aromatic nitrogens is 4. The monoisotopic (exact) mass is 274 g/mol. The van der Waals surface area contributed by atoms with E-state index < -0.39 is 11.5 Å². The zero-order valence-electron chi connectivity index (χ0n) is 10.7. The van der Waals surface area contributed by atoms with Crippen LogP contribution in [0.1, 0.15) is 0 Å². The lowest BCUT2D eigenvalue weighted by atomic mass is 10.1. The van der Waals surface area contributed by atoms with Crippen molar-refractivity contribution in [1.82, 2.24) is 19.6 Å². The van der Waals surface area contributed by atoms with Crippen molar-refractivity contribution in [2.75, 3.05) is 0 Å². The van der Waals surface area contributed by atoms with E-state index in [2.05, 4.69) is 10.2 Å². The summed E-state index contributed by atoms with van der Waals surface area (Å²) >= 11 is 0. The van der Waals surface area contributed by atoms with E-state index in [1.54, 1.807) is 24.3 Å². The Morgan fingerprint density at radius 3 is 1.40 bits per heavy atom. The van der Waals surface area contributed by atoms with Gasteiger partial charge < -0.3 is 8.83 Å². The molecular weight excluding hydrogens is 264 g/mol. The van der Waals surface area contributed by atoms with E-state index in [-0.39, 0.29) is 11.8 Å². The van der Waals surface area contributed by atoms with Crippen LogP contribution in [-0.4, -0.2) is 19.6 Å². The molecule has 0 bridgehead atoms. The molecule has 102 valence electrons. The van der Waals surface area contributed by atoms with Crippen molar-refractivity contribution in [3.05, 3.63) is 45.4 Å². The minimum absolute atomic E-state index is 0.228. The molecule has 8 heteroatoms. The summed E-state index contributed by atoms with van der Waals surface area (Å²) in [7, 11) is 3.01. The van der Waals surface area contributed by atoms with Gasteiger partial charge in [0.15, 0.2) is 0 Å². The van der Waals surface area contributed by atoms with Gasteiger partial charge >= 0.3 is 11.5 Å². The quantitative estimate of drug-likeness (QED) is 0.671. The van der Waals surface area contributed by atoms with Crippen molar-refractivity contribution >= 4 is 0 Å². The fourth-order valence-corrected chi connectivity index (χ4v) is 1.68. The van der Waals surface area contributed by atoms with E-state index >= 15 is 0 Å². The normalized spacial score (nSPS) is 10.9. The molecule has 20 heavy (non-hydrogen) atoms. The second-order valence-corrected chi connectivity index (χ2v) is 4.17. The van der Waals surface area contributed by atoms with Crippen LogP contribution in [0.4, 0.5) is 0 Å². The van der Waals surface area contributed by atoms with E-state index in [9.17, 15) is 9.59 Å². The maximum Gasteiger partial charge on any atom is 0.437 e. The molecule has 8 nitrogen and oxygen atoms in total. The molecule has 2 heterocycles. The summed E-state index contributed by atoms with van der Waals surface area (Å²) in [6.45, 7) is 0. The van der Waals surface area contributed by atoms with Gasteiger partial charge in [0, 0.05) is 25.2 Å². The van der Waals surface area contributed by atoms with Crippen LogP contribution in [0.5, 0.6) is 0 Å². The average molecular weight is 274 g/mol. The first-order valence-electron chi connectivity index (χ1n) is 5.73. The van der Waals surface area contributed by atoms with Crippen LogP contribution in [0.2, 0.25) is 0 Å². The number of hydrogen-bond donors (Lipinski definition) is 0. The third-order valence-electron chi connectivity index (χ3n) is 2.76. The fraction of sp³-hybridized carbons (Fsp3) is 0.167. The fourth-order valence-electron chi connectivity index (χ4n) is 1.68. The van der Waals surface area contributed by atoms with Crippen molar-refractivity contribution in [3.63, 3.8) is 0 Å². The van der Waals surface area contributed by atoms with Gasteiger partial charge in [0.1, 0.15) is 0 Å². The zero-order valence-corrected chi connectivity index (χ0v) is 10.7. The highest BCUT2D eigenvalue weighted by atomic mass is 16.4. The zero-order chi connectivity index (χ0) is 14.3. The molecular formula is C12H10N4O4. The predicted molar refractivity (Wildman–Crippen MR) is 67.9 cm³/mol. The molecule has 1 aromatic carbocycles. The largest absolute Gasteiger partial charge is 0.437 e. The van der Waals surface area contributed by atoms with Crippen molar-refractivity contribution in [3.8, 4) is 22.9 Å². The third-order valence-corrected chi connectivity index (χ3v) is 2.76. The van der Waals surface area contributed by atoms with Gasteiger partial charge in [0.2, 0.25) is 11.8 Å². The highest BCUT2D eigenvalue weighted by Gasteiger charge is 2.11. The van der Waals surface area contributed by atoms with Crippen LogP contribution in [0.15, 0.2) is 42.7 Å². The Balaban J connectivity index is 1.99. The molecule has 0 N–H and O–H groups in total. The molecule has 0 radical (unpaired) electrons. The smallest absolute Gasteiger partial charge is 0.388 e. The van der Waals surface area contributed by atoms with E-state index in [1.165, 1.54) is 14.1 Å². The molecule has 0 aliphatic carbocycles. The average Bonchev–Trinajstić information content (AvgIpc) is 2.94. The molecule has 2 aromatic heterocycles. The lowest BCUT2D eigenvalue weighted by Crippen LogP contribution is -2.09. The Labute approximate surface area is 111 Å². The highest BCUT2D eigenvalue weighted by molar-refractivity contribution is 5.60. The van der Waals surface area contributed by atoms with Gasteiger partial charge in [0.25, 0.3) is 0 Å². The number of nitrogens with zero attached hydrogens (tertiary/aromatic N) is 4. The predicted octanol–water partition coefficient (Wildman–Crippen LogP) is 0.394. The summed E-state index contributed by atoms with van der Waals surface area (Å²) in [6.07, 6.45) is 0. The Morgan fingerprint density at radius 1 is 0.800 bits per heavy atom. The first kappa shape index (κ1) is 12.2. The van der Waals surface area contributed by atoms with Gasteiger partial charge in [-0.05, 0) is 24.3 Å². The van der Waals surface area contributed by atoms with Crippen molar-refractivity contribution < 1.29 is 8.83 Å². The summed E-state index contributed by atoms with van der Waals surface area (Å²) < 4.78 is 12.2. The topological polar surface area (TPSA) is 96.1 Å². The number of rotatable bonds is 2. The minimum Gasteiger partial charge on any atom is -0.388 e. The minimum atomic E-state index is -0.528. The third kappa shape index (κ3) is 1.96. The van der Waals surface area contributed by atoms with Crippen LogP contribution in [0.3, 0.4) is 0 Å². The molecule has 0 saturated carbocycles. The Morgan fingerprint density at radius 2 is 1.15 bits per heavy atom. The van der Waals surface area contributed by atoms with E-state index in [0.717, 1.165) is 9.36 Å². The Bertz CT molecular complexity index is 793. The highest BCUT2D eigenvalue weighted by Crippen LogP contribution is 2.21. The lowest BCUT2D eigenvalue weighted by Gasteiger charge is -1.96. The lowest BCUT2D eigenvalue weighted by molar-refractivity contribution is 0.504. The van der Waals surface area contributed by atoms with Crippen molar-refractivity contribution in [1.29, 1.82) is 0 Å². The molecule has 3 rings (SSSR count). The molecule has 0 atom stereocenters. The van der Waals surface area contributed by atoms with Crippen molar-refractivity contribution in [2.24, 2.45) is 14.1 Å². The van der Waals surface area contributed by atoms with E-state index in [4.69, 9.17) is 8.83 Å². The van der Waals surface area contributed by atoms with E-state index in [1.807, 2.05) is 0 Å². The number of hydrogen-bond acceptors (Lipinski definition) is 6. The summed E-state index contributed by atoms with van der Waals surface area (Å²) in [4.78, 5) is 22.4. The van der Waals surface area contributed by atoms with Gasteiger partial charge in [-0.25, -0.2) is 9.59 Å². The summed E-state index contributed by atoms with van der Waals surface area (Å²) in [5.41, 5.74) is 1.29. The Kier molecular flexibility index (Phi) is 2.63. The standard InChI is InChI=1S/C12H10N4O4/c1-15-11(17)19-9(13-15)7-3-5-8(6-4-7)10-14-16(2)12(18)20-10/h3-6H,1-2H3. The molecule has 0 fully saturated rings. The SMILES string of the molecule is Cn1nc(-c2ccc(-c3nn(C)c(=O)o3)cc2)oc1=O. The maximum atomic E-state index is 11.2. The molecule has 0 aliphatic rings. The molecule has 0 unspecified atom stereocenters. The molecule has 0 aliphatic heterocycles. The molecule has 0 amide bonds. The van der Waals surface area contributed by atoms with E-state index in [0.29, 0.717) is 11.1 Å². The van der Waals surface area contributed by atoms with Crippen LogP contribution >= 0.6 is 0 Å². The second-order valence-electron chi connectivity index (χ2n) is 4.17. The summed E-state index contributed by atoms with van der Waals surface area (Å²) in [5.74, 6) is -0.599. The first-order chi connectivity index (χ1) is 9.54. The van der Waals surface area contributed by atoms with Gasteiger partial charge in [-0.15, -0.1) is 10.2 Å². The van der Waals surface area contributed by atoms with Gasteiger partial charge in [-0.1, -0.05) is 0 Å². The van der Waals surface area contributed by atoms with Crippen LogP contribution < -0.4 is 11.5 Å². The van der Waals surface area contributed by atoms with Crippen LogP contribution in [0, 0.1) is 0 Å². The summed E-state index contributed by atoms with van der Waals surface area (Å²) in [5, 5.41) is 7.89. The van der Waals surface area contributed by atoms with Gasteiger partial charge in [0.05, 0.1) is 0 Å². The molecule has 0 saturated heterocycles. The maximum absolute atomic E-state index is 11.2. The number of aryl methyl sites for hydroxylation is 2. The van der Waals surface area contributed by atoms with Gasteiger partial charge in [-0.3, -0.25) is 0 Å². The van der Waals surface area contributed by atoms with Crippen molar-refractivity contribution in [2.45, 2.75) is 0 Å². The van der Waals surface area contributed by atoms with Crippen LogP contribution in [0.25, 0.3) is 22.9 Å². The Hall–Kier alpha value is -2.90. The first-order valence-corrected chi connectivity index (χ1v) is 5.73.